The summed E-state index contributed by atoms with van der Waals surface area (Å²) in [6.45, 7) is 11.3. The van der Waals surface area contributed by atoms with E-state index in [1.54, 1.807) is 0 Å². The lowest BCUT2D eigenvalue weighted by Gasteiger charge is -2.18. The average molecular weight is 683 g/mol. The number of carbonyl (C=O) groups is 2. The lowest BCUT2D eigenvalue weighted by atomic mass is 10.1. The first kappa shape index (κ1) is 36.3. The van der Waals surface area contributed by atoms with E-state index in [9.17, 15) is 9.59 Å². The fourth-order valence-electron chi connectivity index (χ4n) is 5.84. The van der Waals surface area contributed by atoms with Gasteiger partial charge in [-0.3, -0.25) is 0 Å². The van der Waals surface area contributed by atoms with Crippen molar-refractivity contribution in [2.45, 2.75) is 40.7 Å². The van der Waals surface area contributed by atoms with Gasteiger partial charge in [-0.1, -0.05) is 109 Å². The van der Waals surface area contributed by atoms with Gasteiger partial charge in [0, 0.05) is 10.8 Å². The fourth-order valence-corrected chi connectivity index (χ4v) is 5.84. The van der Waals surface area contributed by atoms with Gasteiger partial charge >= 0.3 is 12.1 Å². The third-order valence-electron chi connectivity index (χ3n) is 8.38. The monoisotopic (exact) mass is 682 g/mol. The summed E-state index contributed by atoms with van der Waals surface area (Å²) in [6, 6.07) is 39.2. The van der Waals surface area contributed by atoms with E-state index in [4.69, 9.17) is 9.47 Å². The molecule has 0 aliphatic heterocycles. The van der Waals surface area contributed by atoms with Gasteiger partial charge in [0.15, 0.2) is 0 Å². The van der Waals surface area contributed by atoms with Gasteiger partial charge in [-0.05, 0) is 79.8 Å². The largest absolute Gasteiger partial charge is 0.491 e. The van der Waals surface area contributed by atoms with Crippen LogP contribution in [0.4, 0.5) is 21.0 Å². The summed E-state index contributed by atoms with van der Waals surface area (Å²) >= 11 is 0. The number of rotatable bonds is 10. The molecule has 0 aliphatic rings. The van der Waals surface area contributed by atoms with Crippen LogP contribution in [0.3, 0.4) is 0 Å². The highest BCUT2D eigenvalue weighted by atomic mass is 16.5. The van der Waals surface area contributed by atoms with Crippen LogP contribution in [-0.4, -0.2) is 37.9 Å². The van der Waals surface area contributed by atoms with Gasteiger partial charge in [0.25, 0.3) is 0 Å². The van der Waals surface area contributed by atoms with Crippen molar-refractivity contribution in [1.82, 2.24) is 10.6 Å². The Bertz CT molecular complexity index is 2060. The van der Waals surface area contributed by atoms with Crippen LogP contribution < -0.4 is 30.7 Å². The maximum Gasteiger partial charge on any atom is 0.319 e. The number of carbonyl (C=O) groups excluding carboxylic acids is 2. The minimum Gasteiger partial charge on any atom is -0.491 e. The zero-order chi connectivity index (χ0) is 36.2. The second kappa shape index (κ2) is 17.6. The van der Waals surface area contributed by atoms with Crippen molar-refractivity contribution in [2.75, 3.05) is 30.4 Å². The van der Waals surface area contributed by atoms with Crippen molar-refractivity contribution in [3.05, 3.63) is 144 Å². The van der Waals surface area contributed by atoms with Crippen molar-refractivity contribution >= 4 is 45.0 Å². The van der Waals surface area contributed by atoms with Crippen LogP contribution in [0, 0.1) is 27.7 Å². The Labute approximate surface area is 300 Å². The molecule has 8 heteroatoms. The van der Waals surface area contributed by atoms with Gasteiger partial charge < -0.3 is 30.7 Å². The van der Waals surface area contributed by atoms with Gasteiger partial charge in [0.1, 0.15) is 24.7 Å². The third kappa shape index (κ3) is 10.0. The molecule has 0 spiro atoms. The molecule has 4 N–H and O–H groups in total. The molecule has 0 bridgehead atoms. The second-order valence-electron chi connectivity index (χ2n) is 12.5. The van der Waals surface area contributed by atoms with Gasteiger partial charge in [0.05, 0.1) is 24.0 Å². The lowest BCUT2D eigenvalue weighted by molar-refractivity contribution is 0.236. The highest BCUT2D eigenvalue weighted by Crippen LogP contribution is 2.25. The number of urea groups is 2. The second-order valence-corrected chi connectivity index (χ2v) is 12.5. The smallest absolute Gasteiger partial charge is 0.319 e. The molecule has 262 valence electrons. The fraction of sp³-hybridized carbons (Fsp3) is 0.209. The maximum absolute atomic E-state index is 12.3. The molecule has 51 heavy (non-hydrogen) atoms. The van der Waals surface area contributed by atoms with E-state index in [1.807, 2.05) is 156 Å². The average Bonchev–Trinajstić information content (AvgIpc) is 3.11. The number of hydrogen-bond acceptors (Lipinski definition) is 4. The number of anilines is 2. The minimum atomic E-state index is -0.237. The quantitative estimate of drug-likeness (QED) is 0.108. The van der Waals surface area contributed by atoms with Gasteiger partial charge in [-0.15, -0.1) is 0 Å². The van der Waals surface area contributed by atoms with Crippen molar-refractivity contribution in [1.29, 1.82) is 0 Å². The van der Waals surface area contributed by atoms with Crippen molar-refractivity contribution in [2.24, 2.45) is 0 Å². The molecule has 0 saturated heterocycles. The highest BCUT2D eigenvalue weighted by molar-refractivity contribution is 6.02. The minimum absolute atomic E-state index is 0.121. The summed E-state index contributed by atoms with van der Waals surface area (Å²) in [5.74, 6) is 1.77. The third-order valence-corrected chi connectivity index (χ3v) is 8.38. The van der Waals surface area contributed by atoms with E-state index >= 15 is 0 Å². The van der Waals surface area contributed by atoms with E-state index in [-0.39, 0.29) is 18.1 Å². The maximum atomic E-state index is 12.3. The molecule has 1 unspecified atom stereocenters. The Morgan fingerprint density at radius 2 is 0.980 bits per heavy atom. The van der Waals surface area contributed by atoms with E-state index in [0.717, 1.165) is 66.7 Å². The molecule has 8 nitrogen and oxygen atoms in total. The van der Waals surface area contributed by atoms with Crippen molar-refractivity contribution in [3.63, 3.8) is 0 Å². The number of para-hydroxylation sites is 2. The molecule has 0 aliphatic carbocycles. The Kier molecular flexibility index (Phi) is 12.5. The van der Waals surface area contributed by atoms with E-state index in [2.05, 4.69) is 21.3 Å². The zero-order valence-electron chi connectivity index (χ0n) is 29.9. The van der Waals surface area contributed by atoms with E-state index in [1.165, 1.54) is 0 Å². The summed E-state index contributed by atoms with van der Waals surface area (Å²) in [4.78, 5) is 24.5. The predicted molar refractivity (Wildman–Crippen MR) is 209 cm³/mol. The summed E-state index contributed by atoms with van der Waals surface area (Å²) in [5.41, 5.74) is 5.98. The van der Waals surface area contributed by atoms with E-state index < -0.39 is 0 Å². The number of amides is 4. The Morgan fingerprint density at radius 3 is 1.51 bits per heavy atom. The Morgan fingerprint density at radius 1 is 0.549 bits per heavy atom. The standard InChI is InChI=1S/C22H24N2O2.C21H22N2O2/c1-15-8-6-9-16(2)21(15)26-14-17(3)23-22(25)24-20-13-7-11-18-10-4-5-12-19(18)20;1-15-7-5-8-16(2)20(15)25-14-13-22-21(24)23-19-12-6-10-17-9-3-4-11-18(17)19/h4-13,17H,14H2,1-3H3,(H2,23,24,25);3-12H,13-14H2,1-2H3,(H2,22,23,24). The van der Waals surface area contributed by atoms with Crippen LogP contribution in [-0.2, 0) is 0 Å². The van der Waals surface area contributed by atoms with Crippen LogP contribution in [0.1, 0.15) is 29.2 Å². The van der Waals surface area contributed by atoms with Crippen LogP contribution in [0.15, 0.2) is 121 Å². The van der Waals surface area contributed by atoms with E-state index in [0.29, 0.717) is 19.8 Å². The molecule has 6 aromatic rings. The summed E-state index contributed by atoms with van der Waals surface area (Å²) in [7, 11) is 0. The molecule has 6 rings (SSSR count). The molecule has 0 radical (unpaired) electrons. The number of nitrogens with one attached hydrogen (secondary N) is 4. The predicted octanol–water partition coefficient (Wildman–Crippen LogP) is 9.70. The number of ether oxygens (including phenoxy) is 2. The van der Waals surface area contributed by atoms with Gasteiger partial charge in [-0.2, -0.15) is 0 Å². The first-order valence-corrected chi connectivity index (χ1v) is 17.2. The zero-order valence-corrected chi connectivity index (χ0v) is 29.9. The van der Waals surface area contributed by atoms with Gasteiger partial charge in [0.2, 0.25) is 0 Å². The summed E-state index contributed by atoms with van der Waals surface area (Å²) in [6.07, 6.45) is 0. The number of benzene rings is 6. The van der Waals surface area contributed by atoms with Crippen molar-refractivity contribution < 1.29 is 19.1 Å². The van der Waals surface area contributed by atoms with Gasteiger partial charge in [-0.25, -0.2) is 9.59 Å². The molecular weight excluding hydrogens is 636 g/mol. The first-order chi connectivity index (χ1) is 24.7. The molecule has 0 heterocycles. The molecule has 0 aromatic heterocycles. The molecule has 6 aromatic carbocycles. The topological polar surface area (TPSA) is 101 Å². The van der Waals surface area contributed by atoms with Crippen molar-refractivity contribution in [3.8, 4) is 11.5 Å². The Hall–Kier alpha value is -6.02. The number of aryl methyl sites for hydroxylation is 4. The highest BCUT2D eigenvalue weighted by Gasteiger charge is 2.12. The molecule has 4 amide bonds. The summed E-state index contributed by atoms with van der Waals surface area (Å²) < 4.78 is 11.7. The van der Waals surface area contributed by atoms with Crippen LogP contribution in [0.5, 0.6) is 11.5 Å². The number of hydrogen-bond donors (Lipinski definition) is 4. The Balaban J connectivity index is 0.000000198. The lowest BCUT2D eigenvalue weighted by Crippen LogP contribution is -2.39. The SMILES string of the molecule is Cc1cccc(C)c1OCC(C)NC(=O)Nc1cccc2ccccc12.Cc1cccc(C)c1OCCNC(=O)Nc1cccc2ccccc12. The molecule has 0 fully saturated rings. The van der Waals surface area contributed by atoms with Crippen LogP contribution in [0.2, 0.25) is 0 Å². The summed E-state index contributed by atoms with van der Waals surface area (Å²) in [5, 5.41) is 15.8. The van der Waals surface area contributed by atoms with Crippen LogP contribution >= 0.6 is 0 Å². The first-order valence-electron chi connectivity index (χ1n) is 17.2. The molecule has 1 atom stereocenters. The molecular formula is C43H46N4O4. The number of fused-ring (bicyclic) bond motifs is 2. The normalized spacial score (nSPS) is 11.2. The van der Waals surface area contributed by atoms with Crippen LogP contribution in [0.25, 0.3) is 21.5 Å². The molecule has 0 saturated carbocycles.